The molecule has 1 heterocycles. The third-order valence-electron chi connectivity index (χ3n) is 3.22. The normalized spacial score (nSPS) is 10.4. The Morgan fingerprint density at radius 2 is 1.58 bits per heavy atom. The second kappa shape index (κ2) is 8.01. The predicted octanol–water partition coefficient (Wildman–Crippen LogP) is 3.66. The van der Waals surface area contributed by atoms with Crippen molar-refractivity contribution >= 4 is 5.69 Å². The average Bonchev–Trinajstić information content (AvgIpc) is 3.09. The topological polar surface area (TPSA) is 69.4 Å². The molecule has 124 valence electrons. The van der Waals surface area contributed by atoms with Crippen molar-refractivity contribution in [3.8, 4) is 11.5 Å². The summed E-state index contributed by atoms with van der Waals surface area (Å²) in [5.41, 5.74) is 0.957. The molecule has 0 radical (unpaired) electrons. The number of aromatic nitrogens is 2. The molecular weight excluding hydrogens is 306 g/mol. The molecule has 1 aromatic heterocycles. The highest BCUT2D eigenvalue weighted by Crippen LogP contribution is 2.16. The number of hydrogen-bond acceptors (Lipinski definition) is 6. The summed E-state index contributed by atoms with van der Waals surface area (Å²) < 4.78 is 16.5. The Kier molecular flexibility index (Phi) is 5.29. The van der Waals surface area contributed by atoms with Crippen LogP contribution in [-0.2, 0) is 13.2 Å². The Morgan fingerprint density at radius 3 is 2.33 bits per heavy atom. The molecule has 0 aliphatic rings. The molecule has 0 atom stereocenters. The summed E-state index contributed by atoms with van der Waals surface area (Å²) in [7, 11) is 0. The third kappa shape index (κ3) is 4.49. The van der Waals surface area contributed by atoms with Crippen molar-refractivity contribution < 1.29 is 13.9 Å². The van der Waals surface area contributed by atoms with Crippen LogP contribution in [0.4, 0.5) is 5.69 Å². The van der Waals surface area contributed by atoms with Gasteiger partial charge in [0.2, 0.25) is 5.89 Å². The molecule has 3 rings (SSSR count). The zero-order valence-electron chi connectivity index (χ0n) is 13.4. The SMILES string of the molecule is CCOc1ccc(NCc2nnc(COc3ccccc3)o2)cc1. The van der Waals surface area contributed by atoms with Crippen LogP contribution in [0.5, 0.6) is 11.5 Å². The van der Waals surface area contributed by atoms with Gasteiger partial charge in [-0.25, -0.2) is 0 Å². The molecule has 0 saturated heterocycles. The number of nitrogens with one attached hydrogen (secondary N) is 1. The summed E-state index contributed by atoms with van der Waals surface area (Å²) >= 11 is 0. The van der Waals surface area contributed by atoms with Crippen molar-refractivity contribution in [1.29, 1.82) is 0 Å². The average molecular weight is 325 g/mol. The second-order valence-electron chi connectivity index (χ2n) is 5.00. The first kappa shape index (κ1) is 15.9. The lowest BCUT2D eigenvalue weighted by Crippen LogP contribution is -2.00. The number of rotatable bonds is 8. The highest BCUT2D eigenvalue weighted by molar-refractivity contribution is 5.46. The standard InChI is InChI=1S/C18H19N3O3/c1-2-22-16-10-8-14(9-11-16)19-12-17-20-21-18(24-17)13-23-15-6-4-3-5-7-15/h3-11,19H,2,12-13H2,1H3. The van der Waals surface area contributed by atoms with Gasteiger partial charge in [0.15, 0.2) is 6.61 Å². The summed E-state index contributed by atoms with van der Waals surface area (Å²) in [4.78, 5) is 0. The van der Waals surface area contributed by atoms with E-state index in [0.717, 1.165) is 17.2 Å². The van der Waals surface area contributed by atoms with E-state index in [9.17, 15) is 0 Å². The van der Waals surface area contributed by atoms with Crippen molar-refractivity contribution in [2.45, 2.75) is 20.1 Å². The molecule has 1 N–H and O–H groups in total. The Bertz CT molecular complexity index is 742. The number of benzene rings is 2. The first-order valence-electron chi connectivity index (χ1n) is 7.79. The third-order valence-corrected chi connectivity index (χ3v) is 3.22. The van der Waals surface area contributed by atoms with E-state index < -0.39 is 0 Å². The number of nitrogens with zero attached hydrogens (tertiary/aromatic N) is 2. The van der Waals surface area contributed by atoms with Crippen molar-refractivity contribution in [1.82, 2.24) is 10.2 Å². The zero-order chi connectivity index (χ0) is 16.6. The molecule has 0 bridgehead atoms. The molecule has 0 saturated carbocycles. The molecule has 6 heteroatoms. The lowest BCUT2D eigenvalue weighted by molar-refractivity contribution is 0.259. The number of hydrogen-bond donors (Lipinski definition) is 1. The fraction of sp³-hybridized carbons (Fsp3) is 0.222. The molecule has 6 nitrogen and oxygen atoms in total. The van der Waals surface area contributed by atoms with Crippen molar-refractivity contribution in [3.05, 3.63) is 66.4 Å². The summed E-state index contributed by atoms with van der Waals surface area (Å²) in [5.74, 6) is 2.57. The minimum atomic E-state index is 0.250. The van der Waals surface area contributed by atoms with Crippen LogP contribution < -0.4 is 14.8 Å². The monoisotopic (exact) mass is 325 g/mol. The number of anilines is 1. The van der Waals surface area contributed by atoms with Crippen LogP contribution >= 0.6 is 0 Å². The van der Waals surface area contributed by atoms with Crippen LogP contribution in [0.25, 0.3) is 0 Å². The molecule has 2 aromatic carbocycles. The van der Waals surface area contributed by atoms with E-state index in [1.165, 1.54) is 0 Å². The maximum absolute atomic E-state index is 5.57. The lowest BCUT2D eigenvalue weighted by Gasteiger charge is -2.06. The Morgan fingerprint density at radius 1 is 0.875 bits per heavy atom. The van der Waals surface area contributed by atoms with Crippen LogP contribution in [0.15, 0.2) is 59.0 Å². The minimum Gasteiger partial charge on any atom is -0.494 e. The molecule has 0 amide bonds. The van der Waals surface area contributed by atoms with E-state index in [4.69, 9.17) is 13.9 Å². The van der Waals surface area contributed by atoms with Crippen LogP contribution in [0, 0.1) is 0 Å². The van der Waals surface area contributed by atoms with Gasteiger partial charge in [-0.2, -0.15) is 0 Å². The molecule has 24 heavy (non-hydrogen) atoms. The van der Waals surface area contributed by atoms with Crippen LogP contribution in [-0.4, -0.2) is 16.8 Å². The van der Waals surface area contributed by atoms with E-state index in [1.54, 1.807) is 0 Å². The zero-order valence-corrected chi connectivity index (χ0v) is 13.4. The smallest absolute Gasteiger partial charge is 0.253 e. The minimum absolute atomic E-state index is 0.250. The van der Waals surface area contributed by atoms with Crippen molar-refractivity contribution in [2.75, 3.05) is 11.9 Å². The van der Waals surface area contributed by atoms with Gasteiger partial charge < -0.3 is 19.2 Å². The second-order valence-corrected chi connectivity index (χ2v) is 5.00. The van der Waals surface area contributed by atoms with Gasteiger partial charge in [0.05, 0.1) is 13.2 Å². The molecule has 0 aliphatic carbocycles. The van der Waals surface area contributed by atoms with Gasteiger partial charge in [-0.05, 0) is 43.3 Å². The van der Waals surface area contributed by atoms with E-state index in [0.29, 0.717) is 24.9 Å². The summed E-state index contributed by atoms with van der Waals surface area (Å²) in [5, 5.41) is 11.2. The highest BCUT2D eigenvalue weighted by Gasteiger charge is 2.07. The number of para-hydroxylation sites is 1. The van der Waals surface area contributed by atoms with Crippen LogP contribution in [0.3, 0.4) is 0 Å². The fourth-order valence-corrected chi connectivity index (χ4v) is 2.09. The number of ether oxygens (including phenoxy) is 2. The maximum atomic E-state index is 5.57. The predicted molar refractivity (Wildman–Crippen MR) is 90.0 cm³/mol. The first-order valence-corrected chi connectivity index (χ1v) is 7.79. The van der Waals surface area contributed by atoms with Crippen molar-refractivity contribution in [2.24, 2.45) is 0 Å². The van der Waals surface area contributed by atoms with Gasteiger partial charge in [-0.1, -0.05) is 18.2 Å². The van der Waals surface area contributed by atoms with Gasteiger partial charge >= 0.3 is 0 Å². The molecule has 3 aromatic rings. The van der Waals surface area contributed by atoms with Gasteiger partial charge in [-0.3, -0.25) is 0 Å². The largest absolute Gasteiger partial charge is 0.494 e. The van der Waals surface area contributed by atoms with Gasteiger partial charge in [-0.15, -0.1) is 10.2 Å². The van der Waals surface area contributed by atoms with Crippen LogP contribution in [0.1, 0.15) is 18.7 Å². The Balaban J connectivity index is 1.48. The summed E-state index contributed by atoms with van der Waals surface area (Å²) in [6.07, 6.45) is 0. The summed E-state index contributed by atoms with van der Waals surface area (Å²) in [6.45, 7) is 3.32. The van der Waals surface area contributed by atoms with E-state index in [2.05, 4.69) is 15.5 Å². The Labute approximate surface area is 140 Å². The molecule has 0 aliphatic heterocycles. The molecular formula is C18H19N3O3. The van der Waals surface area contributed by atoms with Crippen LogP contribution in [0.2, 0.25) is 0 Å². The first-order chi connectivity index (χ1) is 11.8. The highest BCUT2D eigenvalue weighted by atomic mass is 16.5. The molecule has 0 unspecified atom stereocenters. The van der Waals surface area contributed by atoms with Gasteiger partial charge in [0, 0.05) is 5.69 Å². The van der Waals surface area contributed by atoms with Crippen molar-refractivity contribution in [3.63, 3.8) is 0 Å². The van der Waals surface area contributed by atoms with E-state index in [-0.39, 0.29) is 6.61 Å². The summed E-state index contributed by atoms with van der Waals surface area (Å²) in [6, 6.07) is 17.2. The van der Waals surface area contributed by atoms with Gasteiger partial charge in [0.1, 0.15) is 11.5 Å². The lowest BCUT2D eigenvalue weighted by atomic mass is 10.3. The molecule has 0 fully saturated rings. The molecule has 0 spiro atoms. The maximum Gasteiger partial charge on any atom is 0.253 e. The van der Waals surface area contributed by atoms with Gasteiger partial charge in [0.25, 0.3) is 5.89 Å². The van der Waals surface area contributed by atoms with E-state index in [1.807, 2.05) is 61.5 Å². The van der Waals surface area contributed by atoms with E-state index >= 15 is 0 Å². The fourth-order valence-electron chi connectivity index (χ4n) is 2.09. The Hall–Kier alpha value is -3.02. The quantitative estimate of drug-likeness (QED) is 0.681.